The molecule has 10 nitrogen and oxygen atoms in total. The molecule has 6 rings (SSSR count). The molecule has 4 aliphatic rings. The van der Waals surface area contributed by atoms with Crippen molar-refractivity contribution in [2.24, 2.45) is 22.2 Å². The van der Waals surface area contributed by atoms with Crippen molar-refractivity contribution < 1.29 is 35.5 Å². The highest BCUT2D eigenvalue weighted by Gasteiger charge is 2.57. The van der Waals surface area contributed by atoms with Gasteiger partial charge in [-0.2, -0.15) is 8.42 Å². The molecule has 2 aliphatic carbocycles. The first-order chi connectivity index (χ1) is 18.3. The van der Waals surface area contributed by atoms with Gasteiger partial charge in [0.15, 0.2) is 17.5 Å². The summed E-state index contributed by atoms with van der Waals surface area (Å²) in [7, 11) is -8.07. The largest absolute Gasteiger partial charge is 0.511 e. The maximum absolute atomic E-state index is 14.0. The Kier molecular flexibility index (Phi) is 5.77. The zero-order chi connectivity index (χ0) is 27.9. The predicted octanol–water partition coefficient (Wildman–Crippen LogP) is 3.12. The number of benzene rings is 2. The van der Waals surface area contributed by atoms with E-state index in [9.17, 15) is 35.5 Å². The number of aliphatic hydroxyl groups excluding tert-OH is 1. The molecule has 0 spiro atoms. The van der Waals surface area contributed by atoms with Crippen molar-refractivity contribution >= 4 is 43.2 Å². The average molecular weight is 579 g/mol. The second-order valence-corrected chi connectivity index (χ2v) is 13.7. The van der Waals surface area contributed by atoms with Crippen LogP contribution >= 0.6 is 0 Å². The van der Waals surface area contributed by atoms with Gasteiger partial charge in [0.05, 0.1) is 11.9 Å². The van der Waals surface area contributed by atoms with E-state index in [0.717, 1.165) is 43.7 Å². The minimum atomic E-state index is -4.40. The minimum absolute atomic E-state index is 0.0126. The molecule has 2 fully saturated rings. The van der Waals surface area contributed by atoms with Crippen LogP contribution in [0.4, 0.5) is 20.2 Å². The third kappa shape index (κ3) is 4.35. The molecule has 2 aromatic carbocycles. The van der Waals surface area contributed by atoms with Crippen molar-refractivity contribution in [2.45, 2.75) is 36.7 Å². The van der Waals surface area contributed by atoms with Crippen LogP contribution in [-0.2, 0) is 31.4 Å². The van der Waals surface area contributed by atoms with Gasteiger partial charge in [0.25, 0.3) is 15.9 Å². The Labute approximate surface area is 223 Å². The third-order valence-corrected chi connectivity index (χ3v) is 9.80. The van der Waals surface area contributed by atoms with Crippen LogP contribution in [-0.4, -0.2) is 50.9 Å². The smallest absolute Gasteiger partial charge is 0.286 e. The molecular weight excluding hydrogens is 554 g/mol. The number of nitrogens with one attached hydrogen (secondary N) is 2. The lowest BCUT2D eigenvalue weighted by Gasteiger charge is -2.44. The molecule has 2 aliphatic heterocycles. The number of anilines is 2. The van der Waals surface area contributed by atoms with E-state index in [1.807, 2.05) is 0 Å². The van der Waals surface area contributed by atoms with Crippen molar-refractivity contribution in [1.82, 2.24) is 4.90 Å². The number of sulfonamides is 2. The molecule has 2 aromatic rings. The Hall–Kier alpha value is -3.52. The number of fused-ring (bicyclic) bond motifs is 6. The third-order valence-electron chi connectivity index (χ3n) is 7.88. The Morgan fingerprint density at radius 1 is 1.13 bits per heavy atom. The Balaban J connectivity index is 1.41. The zero-order valence-corrected chi connectivity index (χ0v) is 22.2. The summed E-state index contributed by atoms with van der Waals surface area (Å²) in [4.78, 5) is 15.1. The fourth-order valence-corrected chi connectivity index (χ4v) is 8.13. The number of halogens is 2. The van der Waals surface area contributed by atoms with Crippen LogP contribution in [0.5, 0.6) is 0 Å². The molecule has 3 N–H and O–H groups in total. The van der Waals surface area contributed by atoms with Crippen LogP contribution < -0.4 is 10.0 Å². The molecule has 0 aromatic heterocycles. The van der Waals surface area contributed by atoms with E-state index in [1.165, 1.54) is 23.1 Å². The molecule has 0 unspecified atom stereocenters. The first-order valence-corrected chi connectivity index (χ1v) is 15.6. The SMILES string of the molecule is CS(=O)(=O)Nc1ccc2c(c1)S(=O)(=O)N=C(C1=C(O)[C@@H]3[C@@H]4CC[C@@H](C4)[C@@H]3N(Cc3ccc(F)c(F)c3)C1=O)N2. The summed E-state index contributed by atoms with van der Waals surface area (Å²) in [5, 5.41) is 14.2. The number of carbonyl (C=O) groups is 1. The van der Waals surface area contributed by atoms with E-state index in [2.05, 4.69) is 14.4 Å². The van der Waals surface area contributed by atoms with Crippen molar-refractivity contribution in [3.8, 4) is 0 Å². The summed E-state index contributed by atoms with van der Waals surface area (Å²) in [6, 6.07) is 6.80. The van der Waals surface area contributed by atoms with Crippen molar-refractivity contribution in [3.63, 3.8) is 0 Å². The van der Waals surface area contributed by atoms with Crippen molar-refractivity contribution in [3.05, 3.63) is 64.9 Å². The summed E-state index contributed by atoms with van der Waals surface area (Å²) in [5.41, 5.74) is 0.124. The van der Waals surface area contributed by atoms with E-state index in [1.54, 1.807) is 0 Å². The van der Waals surface area contributed by atoms with Gasteiger partial charge in [-0.05, 0) is 67.0 Å². The maximum Gasteiger partial charge on any atom is 0.286 e. The van der Waals surface area contributed by atoms with Crippen molar-refractivity contribution in [2.75, 3.05) is 16.3 Å². The van der Waals surface area contributed by atoms with Gasteiger partial charge in [-0.25, -0.2) is 17.2 Å². The monoisotopic (exact) mass is 578 g/mol. The number of nitrogens with zero attached hydrogens (tertiary/aromatic N) is 2. The summed E-state index contributed by atoms with van der Waals surface area (Å²) < 4.78 is 82.9. The highest BCUT2D eigenvalue weighted by atomic mass is 32.2. The topological polar surface area (TPSA) is 145 Å². The van der Waals surface area contributed by atoms with Crippen LogP contribution in [0.2, 0.25) is 0 Å². The van der Waals surface area contributed by atoms with Crippen LogP contribution in [0.25, 0.3) is 0 Å². The molecule has 2 saturated carbocycles. The summed E-state index contributed by atoms with van der Waals surface area (Å²) in [6.07, 6.45) is 3.41. The van der Waals surface area contributed by atoms with E-state index >= 15 is 0 Å². The second-order valence-electron chi connectivity index (χ2n) is 10.4. The van der Waals surface area contributed by atoms with E-state index < -0.39 is 43.5 Å². The highest BCUT2D eigenvalue weighted by Crippen LogP contribution is 2.55. The van der Waals surface area contributed by atoms with Crippen LogP contribution in [0.1, 0.15) is 24.8 Å². The van der Waals surface area contributed by atoms with Gasteiger partial charge in [-0.15, -0.1) is 4.40 Å². The Morgan fingerprint density at radius 3 is 2.59 bits per heavy atom. The van der Waals surface area contributed by atoms with E-state index in [-0.39, 0.29) is 57.9 Å². The summed E-state index contributed by atoms with van der Waals surface area (Å²) in [6.45, 7) is -0.0612. The lowest BCUT2D eigenvalue weighted by atomic mass is 9.77. The molecule has 2 bridgehead atoms. The van der Waals surface area contributed by atoms with Crippen LogP contribution in [0.15, 0.2) is 57.0 Å². The molecule has 1 amide bonds. The van der Waals surface area contributed by atoms with Gasteiger partial charge in [0.1, 0.15) is 16.2 Å². The van der Waals surface area contributed by atoms with Crippen LogP contribution in [0, 0.1) is 29.4 Å². The average Bonchev–Trinajstić information content (AvgIpc) is 3.46. The molecule has 39 heavy (non-hydrogen) atoms. The number of amides is 1. The number of amidine groups is 1. The number of aliphatic hydroxyl groups is 1. The zero-order valence-electron chi connectivity index (χ0n) is 20.6. The lowest BCUT2D eigenvalue weighted by Crippen LogP contribution is -2.53. The fourth-order valence-electron chi connectivity index (χ4n) is 6.43. The number of hydrogen-bond donors (Lipinski definition) is 3. The number of hydrogen-bond acceptors (Lipinski definition) is 7. The summed E-state index contributed by atoms with van der Waals surface area (Å²) >= 11 is 0. The quantitative estimate of drug-likeness (QED) is 0.494. The first-order valence-electron chi connectivity index (χ1n) is 12.2. The fraction of sp³-hybridized carbons (Fsp3) is 0.360. The molecule has 0 radical (unpaired) electrons. The standard InChI is InChI=1S/C25H24F2N4O6S2/c1-38(34,35)29-15-5-7-18-19(10-15)39(36,37)30-24(28-18)21-23(32)20-13-3-4-14(9-13)22(20)31(25(21)33)11-12-2-6-16(26)17(27)8-12/h2,5-8,10,13-14,20,22,29,32H,3-4,9,11H2,1H3,(H,28,30)/t13-,14+,20-,22+/m1/s1. The number of carbonyl (C=O) groups excluding carboxylic acids is 1. The normalized spacial score (nSPS) is 27.1. The van der Waals surface area contributed by atoms with Gasteiger partial charge >= 0.3 is 0 Å². The molecular formula is C25H24F2N4O6S2. The van der Waals surface area contributed by atoms with Crippen LogP contribution in [0.3, 0.4) is 0 Å². The molecule has 4 atom stereocenters. The van der Waals surface area contributed by atoms with E-state index in [0.29, 0.717) is 5.56 Å². The number of rotatable bonds is 5. The minimum Gasteiger partial charge on any atom is -0.511 e. The highest BCUT2D eigenvalue weighted by molar-refractivity contribution is 7.92. The summed E-state index contributed by atoms with van der Waals surface area (Å²) in [5.74, 6) is -3.59. The van der Waals surface area contributed by atoms with Gasteiger partial charge in [0, 0.05) is 24.2 Å². The molecule has 206 valence electrons. The van der Waals surface area contributed by atoms with Crippen molar-refractivity contribution in [1.29, 1.82) is 0 Å². The Bertz CT molecular complexity index is 1710. The molecule has 2 heterocycles. The van der Waals surface area contributed by atoms with Gasteiger partial charge in [-0.3, -0.25) is 9.52 Å². The maximum atomic E-state index is 14.0. The lowest BCUT2D eigenvalue weighted by molar-refractivity contribution is -0.134. The predicted molar refractivity (Wildman–Crippen MR) is 138 cm³/mol. The first kappa shape index (κ1) is 25.7. The second kappa shape index (κ2) is 8.74. The van der Waals surface area contributed by atoms with E-state index in [4.69, 9.17) is 0 Å². The molecule has 0 saturated heterocycles. The van der Waals surface area contributed by atoms with Gasteiger partial charge in [0.2, 0.25) is 10.0 Å². The van der Waals surface area contributed by atoms with Gasteiger partial charge in [-0.1, -0.05) is 6.07 Å². The molecule has 14 heteroatoms. The Morgan fingerprint density at radius 2 is 1.87 bits per heavy atom. The van der Waals surface area contributed by atoms with Gasteiger partial charge < -0.3 is 15.3 Å².